The van der Waals surface area contributed by atoms with Gasteiger partial charge in [0.05, 0.1) is 5.57 Å². The van der Waals surface area contributed by atoms with E-state index >= 15 is 0 Å². The van der Waals surface area contributed by atoms with Gasteiger partial charge >= 0.3 is 0 Å². The lowest BCUT2D eigenvalue weighted by atomic mass is 10.0. The summed E-state index contributed by atoms with van der Waals surface area (Å²) >= 11 is 0. The van der Waals surface area contributed by atoms with E-state index in [9.17, 15) is 9.59 Å². The molecule has 6 heteroatoms. The van der Waals surface area contributed by atoms with Crippen molar-refractivity contribution in [2.24, 2.45) is 0 Å². The summed E-state index contributed by atoms with van der Waals surface area (Å²) < 4.78 is 5.36. The third-order valence-electron chi connectivity index (χ3n) is 5.37. The van der Waals surface area contributed by atoms with Gasteiger partial charge in [-0.2, -0.15) is 0 Å². The Bertz CT molecular complexity index is 919. The highest BCUT2D eigenvalue weighted by Crippen LogP contribution is 2.31. The van der Waals surface area contributed by atoms with Gasteiger partial charge in [-0.1, -0.05) is 30.3 Å². The SMILES string of the molecule is CCOCCCN1C(=O)C(Nc2ccc(N(CC)CC)cc2)=C(c2ccccc2)C1=O. The van der Waals surface area contributed by atoms with Crippen LogP contribution < -0.4 is 10.2 Å². The highest BCUT2D eigenvalue weighted by molar-refractivity contribution is 6.36. The second-order valence-corrected chi connectivity index (χ2v) is 7.27. The number of ether oxygens (including phenoxy) is 1. The Morgan fingerprint density at radius 3 is 2.19 bits per heavy atom. The molecule has 0 saturated carbocycles. The van der Waals surface area contributed by atoms with E-state index in [0.29, 0.717) is 37.4 Å². The summed E-state index contributed by atoms with van der Waals surface area (Å²) in [6.07, 6.45) is 0.610. The monoisotopic (exact) mass is 421 g/mol. The lowest BCUT2D eigenvalue weighted by Gasteiger charge is -2.21. The van der Waals surface area contributed by atoms with Crippen LogP contribution in [-0.4, -0.2) is 49.6 Å². The third-order valence-corrected chi connectivity index (χ3v) is 5.37. The number of hydrogen-bond donors (Lipinski definition) is 1. The maximum atomic E-state index is 13.2. The molecule has 2 aromatic carbocycles. The zero-order valence-corrected chi connectivity index (χ0v) is 18.6. The molecule has 1 aliphatic rings. The van der Waals surface area contributed by atoms with Gasteiger partial charge in [0.2, 0.25) is 0 Å². The van der Waals surface area contributed by atoms with E-state index in [2.05, 4.69) is 24.1 Å². The maximum Gasteiger partial charge on any atom is 0.278 e. The van der Waals surface area contributed by atoms with Crippen LogP contribution in [0.25, 0.3) is 5.57 Å². The highest BCUT2D eigenvalue weighted by atomic mass is 16.5. The Morgan fingerprint density at radius 1 is 0.903 bits per heavy atom. The molecule has 0 fully saturated rings. The number of hydrogen-bond acceptors (Lipinski definition) is 5. The van der Waals surface area contributed by atoms with Crippen molar-refractivity contribution in [1.82, 2.24) is 4.90 Å². The minimum absolute atomic E-state index is 0.269. The van der Waals surface area contributed by atoms with Crippen molar-refractivity contribution < 1.29 is 14.3 Å². The van der Waals surface area contributed by atoms with E-state index in [1.807, 2.05) is 61.5 Å². The zero-order chi connectivity index (χ0) is 22.2. The second kappa shape index (κ2) is 10.8. The number of nitrogens with zero attached hydrogens (tertiary/aromatic N) is 2. The molecule has 0 aromatic heterocycles. The summed E-state index contributed by atoms with van der Waals surface area (Å²) in [6, 6.07) is 17.3. The Balaban J connectivity index is 1.87. The van der Waals surface area contributed by atoms with Gasteiger partial charge in [0.25, 0.3) is 11.8 Å². The van der Waals surface area contributed by atoms with Crippen LogP contribution in [0.3, 0.4) is 0 Å². The van der Waals surface area contributed by atoms with Crippen LogP contribution >= 0.6 is 0 Å². The smallest absolute Gasteiger partial charge is 0.278 e. The van der Waals surface area contributed by atoms with E-state index in [1.54, 1.807) is 0 Å². The van der Waals surface area contributed by atoms with Crippen LogP contribution in [0.4, 0.5) is 11.4 Å². The molecule has 6 nitrogen and oxygen atoms in total. The minimum atomic E-state index is -0.298. The summed E-state index contributed by atoms with van der Waals surface area (Å²) in [7, 11) is 0. The number of carbonyl (C=O) groups excluding carboxylic acids is 2. The standard InChI is InChI=1S/C25H31N3O3/c1-4-27(5-2)21-15-13-20(14-16-21)26-23-22(19-11-8-7-9-12-19)24(29)28(25(23)30)17-10-18-31-6-3/h7-9,11-16,26H,4-6,10,17-18H2,1-3H3. The van der Waals surface area contributed by atoms with Crippen LogP contribution in [0.2, 0.25) is 0 Å². The molecule has 0 atom stereocenters. The molecular formula is C25H31N3O3. The fraction of sp³-hybridized carbons (Fsp3) is 0.360. The second-order valence-electron chi connectivity index (χ2n) is 7.27. The molecule has 164 valence electrons. The van der Waals surface area contributed by atoms with Crippen LogP contribution in [0.15, 0.2) is 60.3 Å². The van der Waals surface area contributed by atoms with Gasteiger partial charge in [-0.15, -0.1) is 0 Å². The minimum Gasteiger partial charge on any atom is -0.382 e. The van der Waals surface area contributed by atoms with Gasteiger partial charge < -0.3 is 15.0 Å². The number of benzene rings is 2. The molecule has 1 N–H and O–H groups in total. The fourth-order valence-corrected chi connectivity index (χ4v) is 3.73. The first kappa shape index (κ1) is 22.6. The van der Waals surface area contributed by atoms with E-state index < -0.39 is 0 Å². The molecule has 0 radical (unpaired) electrons. The Morgan fingerprint density at radius 2 is 1.58 bits per heavy atom. The number of amides is 2. The molecule has 1 aliphatic heterocycles. The number of carbonyl (C=O) groups is 2. The largest absolute Gasteiger partial charge is 0.382 e. The van der Waals surface area contributed by atoms with Gasteiger partial charge in [0.1, 0.15) is 5.70 Å². The first-order valence-electron chi connectivity index (χ1n) is 11.0. The molecule has 31 heavy (non-hydrogen) atoms. The average molecular weight is 422 g/mol. The average Bonchev–Trinajstić information content (AvgIpc) is 3.03. The van der Waals surface area contributed by atoms with E-state index in [4.69, 9.17) is 4.74 Å². The zero-order valence-electron chi connectivity index (χ0n) is 18.6. The van der Waals surface area contributed by atoms with Gasteiger partial charge in [-0.25, -0.2) is 0 Å². The molecule has 2 amide bonds. The van der Waals surface area contributed by atoms with Gasteiger partial charge in [-0.3, -0.25) is 14.5 Å². The molecule has 0 spiro atoms. The van der Waals surface area contributed by atoms with E-state index in [1.165, 1.54) is 4.90 Å². The quantitative estimate of drug-likeness (QED) is 0.436. The third kappa shape index (κ3) is 5.14. The summed E-state index contributed by atoms with van der Waals surface area (Å²) in [5, 5.41) is 3.22. The Labute approximate surface area is 184 Å². The van der Waals surface area contributed by atoms with Crippen molar-refractivity contribution in [3.05, 3.63) is 65.9 Å². The van der Waals surface area contributed by atoms with Crippen molar-refractivity contribution >= 4 is 28.8 Å². The van der Waals surface area contributed by atoms with Crippen LogP contribution in [0, 0.1) is 0 Å². The lowest BCUT2D eigenvalue weighted by Crippen LogP contribution is -2.34. The highest BCUT2D eigenvalue weighted by Gasteiger charge is 2.38. The van der Waals surface area contributed by atoms with Crippen LogP contribution in [-0.2, 0) is 14.3 Å². The number of anilines is 2. The van der Waals surface area contributed by atoms with Crippen molar-refractivity contribution in [1.29, 1.82) is 0 Å². The molecule has 0 aliphatic carbocycles. The molecule has 0 bridgehead atoms. The number of rotatable bonds is 11. The summed E-state index contributed by atoms with van der Waals surface area (Å²) in [5.74, 6) is -0.567. The molecule has 3 rings (SSSR count). The topological polar surface area (TPSA) is 61.9 Å². The molecule has 0 unspecified atom stereocenters. The van der Waals surface area contributed by atoms with Crippen molar-refractivity contribution in [3.63, 3.8) is 0 Å². The van der Waals surface area contributed by atoms with Crippen molar-refractivity contribution in [3.8, 4) is 0 Å². The predicted octanol–water partition coefficient (Wildman–Crippen LogP) is 4.15. The number of nitrogens with one attached hydrogen (secondary N) is 1. The molecule has 2 aromatic rings. The molecular weight excluding hydrogens is 390 g/mol. The van der Waals surface area contributed by atoms with Crippen molar-refractivity contribution in [2.75, 3.05) is 43.1 Å². The summed E-state index contributed by atoms with van der Waals surface area (Å²) in [6.45, 7) is 9.49. The fourth-order valence-electron chi connectivity index (χ4n) is 3.73. The first-order valence-corrected chi connectivity index (χ1v) is 11.0. The Kier molecular flexibility index (Phi) is 7.84. The predicted molar refractivity (Wildman–Crippen MR) is 125 cm³/mol. The summed E-state index contributed by atoms with van der Waals surface area (Å²) in [5.41, 5.74) is 3.37. The van der Waals surface area contributed by atoms with Gasteiger partial charge in [0.15, 0.2) is 0 Å². The summed E-state index contributed by atoms with van der Waals surface area (Å²) in [4.78, 5) is 29.9. The lowest BCUT2D eigenvalue weighted by molar-refractivity contribution is -0.137. The maximum absolute atomic E-state index is 13.2. The van der Waals surface area contributed by atoms with Crippen molar-refractivity contribution in [2.45, 2.75) is 27.2 Å². The number of imide groups is 1. The van der Waals surface area contributed by atoms with E-state index in [0.717, 1.165) is 30.0 Å². The van der Waals surface area contributed by atoms with Crippen LogP contribution in [0.5, 0.6) is 0 Å². The first-order chi connectivity index (χ1) is 15.1. The Hall–Kier alpha value is -3.12. The van der Waals surface area contributed by atoms with E-state index in [-0.39, 0.29) is 11.8 Å². The van der Waals surface area contributed by atoms with Gasteiger partial charge in [-0.05, 0) is 57.0 Å². The normalized spacial score (nSPS) is 13.8. The van der Waals surface area contributed by atoms with Gasteiger partial charge in [0, 0.05) is 44.2 Å². The molecule has 1 heterocycles. The van der Waals surface area contributed by atoms with Crippen LogP contribution in [0.1, 0.15) is 32.8 Å². The molecule has 0 saturated heterocycles.